The summed E-state index contributed by atoms with van der Waals surface area (Å²) in [7, 11) is 0. The van der Waals surface area contributed by atoms with E-state index >= 15 is 0 Å². The fourth-order valence-corrected chi connectivity index (χ4v) is 2.95. The maximum absolute atomic E-state index is 12.4. The molecule has 22 heavy (non-hydrogen) atoms. The predicted molar refractivity (Wildman–Crippen MR) is 80.0 cm³/mol. The molecule has 1 aliphatic rings. The number of furan rings is 1. The van der Waals surface area contributed by atoms with Gasteiger partial charge in [0.1, 0.15) is 11.5 Å². The lowest BCUT2D eigenvalue weighted by Gasteiger charge is -2.23. The standard InChI is InChI=1S/C16H21N3O3/c1-11-14(12(2)22-18-11)10-19-7-3-6-15(19)16(20)17-9-13-5-4-8-21-13/h4-5,8,15H,3,6-7,9-10H2,1-2H3,(H,17,20). The Morgan fingerprint density at radius 2 is 2.36 bits per heavy atom. The highest BCUT2D eigenvalue weighted by molar-refractivity contribution is 5.81. The Balaban J connectivity index is 1.61. The van der Waals surface area contributed by atoms with Crippen LogP contribution < -0.4 is 5.32 Å². The first-order valence-electron chi connectivity index (χ1n) is 7.61. The molecule has 2 aromatic heterocycles. The maximum atomic E-state index is 12.4. The quantitative estimate of drug-likeness (QED) is 0.916. The molecule has 0 aliphatic carbocycles. The topological polar surface area (TPSA) is 71.5 Å². The summed E-state index contributed by atoms with van der Waals surface area (Å²) in [5.74, 6) is 1.66. The summed E-state index contributed by atoms with van der Waals surface area (Å²) < 4.78 is 10.4. The Labute approximate surface area is 129 Å². The van der Waals surface area contributed by atoms with Crippen molar-refractivity contribution in [2.45, 2.75) is 45.8 Å². The van der Waals surface area contributed by atoms with Crippen LogP contribution in [0.15, 0.2) is 27.3 Å². The number of aryl methyl sites for hydroxylation is 2. The summed E-state index contributed by atoms with van der Waals surface area (Å²) in [5.41, 5.74) is 1.99. The molecule has 1 atom stereocenters. The minimum atomic E-state index is -0.0938. The monoisotopic (exact) mass is 303 g/mol. The molecular formula is C16H21N3O3. The molecule has 0 aromatic carbocycles. The van der Waals surface area contributed by atoms with Gasteiger partial charge in [-0.15, -0.1) is 0 Å². The van der Waals surface area contributed by atoms with Gasteiger partial charge in [-0.1, -0.05) is 5.16 Å². The molecule has 0 radical (unpaired) electrons. The first-order valence-corrected chi connectivity index (χ1v) is 7.61. The molecule has 3 rings (SSSR count). The number of nitrogens with one attached hydrogen (secondary N) is 1. The van der Waals surface area contributed by atoms with Gasteiger partial charge < -0.3 is 14.3 Å². The average molecular weight is 303 g/mol. The minimum absolute atomic E-state index is 0.0562. The van der Waals surface area contributed by atoms with Crippen molar-refractivity contribution in [3.8, 4) is 0 Å². The number of nitrogens with zero attached hydrogens (tertiary/aromatic N) is 2. The van der Waals surface area contributed by atoms with E-state index in [9.17, 15) is 4.79 Å². The molecule has 3 heterocycles. The van der Waals surface area contributed by atoms with Crippen LogP contribution in [0, 0.1) is 13.8 Å². The van der Waals surface area contributed by atoms with Gasteiger partial charge in [-0.2, -0.15) is 0 Å². The van der Waals surface area contributed by atoms with E-state index < -0.39 is 0 Å². The highest BCUT2D eigenvalue weighted by Crippen LogP contribution is 2.23. The third kappa shape index (κ3) is 3.06. The van der Waals surface area contributed by atoms with Gasteiger partial charge in [0, 0.05) is 12.1 Å². The van der Waals surface area contributed by atoms with Gasteiger partial charge in [-0.25, -0.2) is 0 Å². The summed E-state index contributed by atoms with van der Waals surface area (Å²) in [6.45, 7) is 5.91. The number of carbonyl (C=O) groups is 1. The molecule has 118 valence electrons. The summed E-state index contributed by atoms with van der Waals surface area (Å²) in [4.78, 5) is 14.6. The molecule has 0 bridgehead atoms. The molecule has 1 fully saturated rings. The van der Waals surface area contributed by atoms with Gasteiger partial charge in [0.05, 0.1) is 24.5 Å². The van der Waals surface area contributed by atoms with Crippen molar-refractivity contribution in [3.63, 3.8) is 0 Å². The van der Waals surface area contributed by atoms with E-state index in [1.54, 1.807) is 6.26 Å². The molecular weight excluding hydrogens is 282 g/mol. The number of amides is 1. The van der Waals surface area contributed by atoms with Crippen LogP contribution in [0.1, 0.15) is 35.6 Å². The molecule has 0 saturated carbocycles. The van der Waals surface area contributed by atoms with Gasteiger partial charge in [0.2, 0.25) is 5.91 Å². The normalized spacial score (nSPS) is 18.7. The lowest BCUT2D eigenvalue weighted by Crippen LogP contribution is -2.42. The molecule has 6 heteroatoms. The number of likely N-dealkylation sites (tertiary alicyclic amines) is 1. The molecule has 1 aliphatic heterocycles. The predicted octanol–water partition coefficient (Wildman–Crippen LogP) is 2.17. The number of aromatic nitrogens is 1. The van der Waals surface area contributed by atoms with Crippen molar-refractivity contribution in [3.05, 3.63) is 41.2 Å². The lowest BCUT2D eigenvalue weighted by molar-refractivity contribution is -0.125. The highest BCUT2D eigenvalue weighted by atomic mass is 16.5. The number of carbonyl (C=O) groups excluding carboxylic acids is 1. The van der Waals surface area contributed by atoms with Gasteiger partial charge in [-0.3, -0.25) is 9.69 Å². The second-order valence-corrected chi connectivity index (χ2v) is 5.73. The fourth-order valence-electron chi connectivity index (χ4n) is 2.95. The second-order valence-electron chi connectivity index (χ2n) is 5.73. The van der Waals surface area contributed by atoms with Crippen LogP contribution in [0.5, 0.6) is 0 Å². The number of hydrogen-bond donors (Lipinski definition) is 1. The molecule has 6 nitrogen and oxygen atoms in total. The Hall–Kier alpha value is -2.08. The van der Waals surface area contributed by atoms with E-state index in [4.69, 9.17) is 8.94 Å². The Morgan fingerprint density at radius 1 is 1.50 bits per heavy atom. The molecule has 1 unspecified atom stereocenters. The van der Waals surface area contributed by atoms with E-state index in [0.717, 1.165) is 42.2 Å². The van der Waals surface area contributed by atoms with Crippen LogP contribution in [-0.2, 0) is 17.9 Å². The van der Waals surface area contributed by atoms with Crippen LogP contribution in [0.3, 0.4) is 0 Å². The van der Waals surface area contributed by atoms with Crippen LogP contribution in [0.25, 0.3) is 0 Å². The first kappa shape index (κ1) is 14.8. The molecule has 1 N–H and O–H groups in total. The third-order valence-electron chi connectivity index (χ3n) is 4.23. The lowest BCUT2D eigenvalue weighted by atomic mass is 10.1. The molecule has 1 amide bonds. The van der Waals surface area contributed by atoms with Gasteiger partial charge in [-0.05, 0) is 45.4 Å². The van der Waals surface area contributed by atoms with Crippen molar-refractivity contribution in [2.24, 2.45) is 0 Å². The van der Waals surface area contributed by atoms with Gasteiger partial charge in [0.15, 0.2) is 0 Å². The number of rotatable bonds is 5. The summed E-state index contributed by atoms with van der Waals surface area (Å²) in [5, 5.41) is 6.94. The largest absolute Gasteiger partial charge is 0.467 e. The van der Waals surface area contributed by atoms with Crippen molar-refractivity contribution in [1.82, 2.24) is 15.4 Å². The molecule has 1 saturated heterocycles. The third-order valence-corrected chi connectivity index (χ3v) is 4.23. The summed E-state index contributed by atoms with van der Waals surface area (Å²) in [6, 6.07) is 3.58. The smallest absolute Gasteiger partial charge is 0.237 e. The van der Waals surface area contributed by atoms with Gasteiger partial charge in [0.25, 0.3) is 0 Å². The zero-order valence-electron chi connectivity index (χ0n) is 13.0. The second kappa shape index (κ2) is 6.36. The first-order chi connectivity index (χ1) is 10.6. The van der Waals surface area contributed by atoms with E-state index in [2.05, 4.69) is 15.4 Å². The van der Waals surface area contributed by atoms with E-state index in [1.807, 2.05) is 26.0 Å². The van der Waals surface area contributed by atoms with Crippen molar-refractivity contribution >= 4 is 5.91 Å². The SMILES string of the molecule is Cc1noc(C)c1CN1CCCC1C(=O)NCc1ccco1. The highest BCUT2D eigenvalue weighted by Gasteiger charge is 2.31. The van der Waals surface area contributed by atoms with E-state index in [0.29, 0.717) is 13.1 Å². The van der Waals surface area contributed by atoms with E-state index in [-0.39, 0.29) is 11.9 Å². The average Bonchev–Trinajstić information content (AvgIpc) is 3.23. The van der Waals surface area contributed by atoms with E-state index in [1.165, 1.54) is 0 Å². The molecule has 0 spiro atoms. The van der Waals surface area contributed by atoms with Crippen molar-refractivity contribution < 1.29 is 13.7 Å². The maximum Gasteiger partial charge on any atom is 0.237 e. The summed E-state index contributed by atoms with van der Waals surface area (Å²) in [6.07, 6.45) is 3.52. The fraction of sp³-hybridized carbons (Fsp3) is 0.500. The minimum Gasteiger partial charge on any atom is -0.467 e. The van der Waals surface area contributed by atoms with Crippen molar-refractivity contribution in [2.75, 3.05) is 6.54 Å². The van der Waals surface area contributed by atoms with Crippen LogP contribution in [0.4, 0.5) is 0 Å². The zero-order valence-corrected chi connectivity index (χ0v) is 13.0. The van der Waals surface area contributed by atoms with Crippen LogP contribution in [0.2, 0.25) is 0 Å². The molecule has 2 aromatic rings. The Bertz CT molecular complexity index is 614. The van der Waals surface area contributed by atoms with Crippen LogP contribution in [-0.4, -0.2) is 28.6 Å². The summed E-state index contributed by atoms with van der Waals surface area (Å²) >= 11 is 0. The van der Waals surface area contributed by atoms with Crippen LogP contribution >= 0.6 is 0 Å². The van der Waals surface area contributed by atoms with Crippen molar-refractivity contribution in [1.29, 1.82) is 0 Å². The van der Waals surface area contributed by atoms with Gasteiger partial charge >= 0.3 is 0 Å². The Kier molecular flexibility index (Phi) is 4.29. The number of hydrogen-bond acceptors (Lipinski definition) is 5. The zero-order chi connectivity index (χ0) is 15.5. The Morgan fingerprint density at radius 3 is 3.05 bits per heavy atom.